The Kier molecular flexibility index (Phi) is 4.45. The zero-order valence-electron chi connectivity index (χ0n) is 17.2. The normalized spacial score (nSPS) is 17.8. The van der Waals surface area contributed by atoms with E-state index in [1.54, 1.807) is 30.3 Å². The van der Waals surface area contributed by atoms with Gasteiger partial charge in [-0.3, -0.25) is 9.59 Å². The highest BCUT2D eigenvalue weighted by Crippen LogP contribution is 2.51. The van der Waals surface area contributed by atoms with E-state index in [4.69, 9.17) is 11.6 Å². The number of allylic oxidation sites excluding steroid dienone is 4. The van der Waals surface area contributed by atoms with Crippen molar-refractivity contribution in [1.82, 2.24) is 0 Å². The number of Topliss-reactive ketones (excluding diaryl/α,β-unsaturated/α-hetero) is 2. The maximum Gasteiger partial charge on any atom is 0.197 e. The number of ketones is 2. The van der Waals surface area contributed by atoms with E-state index in [2.05, 4.69) is 18.7 Å². The van der Waals surface area contributed by atoms with E-state index in [-0.39, 0.29) is 22.6 Å². The number of nitrogens with zero attached hydrogens (tertiary/aromatic N) is 1. The second-order valence-electron chi connectivity index (χ2n) is 8.29. The second kappa shape index (κ2) is 7.07. The Hall–Kier alpha value is -3.43. The zero-order valence-corrected chi connectivity index (χ0v) is 18.0. The van der Waals surface area contributed by atoms with Crippen LogP contribution in [0.15, 0.2) is 96.2 Å². The standard InChI is InChI=1S/C27H20ClNO2/c1-27(2)22-16-17(28)12-14-23(22)29(18-8-4-3-5-9-18)24(27)15-13-21-25(30)19-10-6-7-11-20(19)26(21)31/h3-16H,1-2H3/b24-15+. The van der Waals surface area contributed by atoms with Crippen molar-refractivity contribution in [2.75, 3.05) is 4.90 Å². The summed E-state index contributed by atoms with van der Waals surface area (Å²) in [7, 11) is 0. The fourth-order valence-electron chi connectivity index (χ4n) is 4.48. The van der Waals surface area contributed by atoms with Gasteiger partial charge in [0.25, 0.3) is 0 Å². The Labute approximate surface area is 186 Å². The molecule has 0 bridgehead atoms. The summed E-state index contributed by atoms with van der Waals surface area (Å²) in [5.41, 5.74) is 4.89. The first-order chi connectivity index (χ1) is 14.9. The molecular weight excluding hydrogens is 406 g/mol. The molecule has 1 aliphatic carbocycles. The van der Waals surface area contributed by atoms with E-state index < -0.39 is 0 Å². The molecule has 0 atom stereocenters. The van der Waals surface area contributed by atoms with Crippen molar-refractivity contribution in [3.05, 3.63) is 118 Å². The van der Waals surface area contributed by atoms with Gasteiger partial charge in [-0.05, 0) is 48.0 Å². The van der Waals surface area contributed by atoms with Crippen molar-refractivity contribution in [3.63, 3.8) is 0 Å². The highest BCUT2D eigenvalue weighted by atomic mass is 35.5. The number of benzene rings is 3. The molecule has 31 heavy (non-hydrogen) atoms. The van der Waals surface area contributed by atoms with Crippen LogP contribution in [0.5, 0.6) is 0 Å². The molecule has 3 aromatic rings. The first-order valence-corrected chi connectivity index (χ1v) is 10.5. The van der Waals surface area contributed by atoms with Crippen LogP contribution in [0.4, 0.5) is 11.4 Å². The van der Waals surface area contributed by atoms with Crippen molar-refractivity contribution in [3.8, 4) is 0 Å². The predicted molar refractivity (Wildman–Crippen MR) is 124 cm³/mol. The number of halogens is 1. The van der Waals surface area contributed by atoms with Gasteiger partial charge in [-0.15, -0.1) is 0 Å². The van der Waals surface area contributed by atoms with Crippen LogP contribution in [-0.2, 0) is 5.41 Å². The van der Waals surface area contributed by atoms with Crippen molar-refractivity contribution >= 4 is 34.5 Å². The summed E-state index contributed by atoms with van der Waals surface area (Å²) in [6.45, 7) is 4.25. The number of hydrogen-bond acceptors (Lipinski definition) is 3. The van der Waals surface area contributed by atoms with Gasteiger partial charge in [0.05, 0.1) is 11.3 Å². The van der Waals surface area contributed by atoms with Crippen LogP contribution in [0.2, 0.25) is 5.02 Å². The quantitative estimate of drug-likeness (QED) is 0.340. The van der Waals surface area contributed by atoms with E-state index in [0.29, 0.717) is 16.1 Å². The second-order valence-corrected chi connectivity index (χ2v) is 8.73. The summed E-state index contributed by atoms with van der Waals surface area (Å²) < 4.78 is 0. The third kappa shape index (κ3) is 2.96. The summed E-state index contributed by atoms with van der Waals surface area (Å²) in [6.07, 6.45) is 3.57. The number of para-hydroxylation sites is 1. The van der Waals surface area contributed by atoms with Crippen LogP contribution in [0.1, 0.15) is 40.1 Å². The molecule has 4 heteroatoms. The maximum absolute atomic E-state index is 12.8. The summed E-state index contributed by atoms with van der Waals surface area (Å²) >= 11 is 6.32. The molecule has 0 unspecified atom stereocenters. The molecule has 0 saturated carbocycles. The van der Waals surface area contributed by atoms with E-state index in [9.17, 15) is 9.59 Å². The lowest BCUT2D eigenvalue weighted by Crippen LogP contribution is -2.22. The van der Waals surface area contributed by atoms with E-state index >= 15 is 0 Å². The van der Waals surface area contributed by atoms with Gasteiger partial charge >= 0.3 is 0 Å². The number of rotatable bonds is 2. The highest BCUT2D eigenvalue weighted by molar-refractivity contribution is 6.39. The van der Waals surface area contributed by atoms with Gasteiger partial charge in [-0.25, -0.2) is 0 Å². The minimum absolute atomic E-state index is 0.200. The number of anilines is 2. The van der Waals surface area contributed by atoms with Gasteiger partial charge < -0.3 is 4.90 Å². The average Bonchev–Trinajstić information content (AvgIpc) is 3.15. The van der Waals surface area contributed by atoms with Crippen LogP contribution in [0, 0.1) is 0 Å². The molecule has 5 rings (SSSR count). The zero-order chi connectivity index (χ0) is 21.8. The lowest BCUT2D eigenvalue weighted by Gasteiger charge is -2.27. The number of fused-ring (bicyclic) bond motifs is 2. The summed E-state index contributed by atoms with van der Waals surface area (Å²) in [5.74, 6) is -0.444. The minimum atomic E-state index is -0.370. The third-order valence-corrected chi connectivity index (χ3v) is 6.32. The number of carbonyl (C=O) groups is 2. The Morgan fingerprint density at radius 3 is 2.06 bits per heavy atom. The number of hydrogen-bond donors (Lipinski definition) is 0. The Morgan fingerprint density at radius 1 is 0.806 bits per heavy atom. The Morgan fingerprint density at radius 2 is 1.42 bits per heavy atom. The van der Waals surface area contributed by atoms with Crippen molar-refractivity contribution in [1.29, 1.82) is 0 Å². The molecule has 0 amide bonds. The topological polar surface area (TPSA) is 37.4 Å². The maximum atomic E-state index is 12.8. The predicted octanol–water partition coefficient (Wildman–Crippen LogP) is 6.66. The summed E-state index contributed by atoms with van der Waals surface area (Å²) in [6, 6.07) is 22.9. The molecule has 0 spiro atoms. The van der Waals surface area contributed by atoms with Crippen LogP contribution in [0.25, 0.3) is 0 Å². The van der Waals surface area contributed by atoms with Crippen LogP contribution < -0.4 is 4.90 Å². The van der Waals surface area contributed by atoms with Gasteiger partial charge in [0, 0.05) is 32.9 Å². The Bertz CT molecular complexity index is 1260. The molecule has 0 fully saturated rings. The molecule has 3 nitrogen and oxygen atoms in total. The Balaban J connectivity index is 1.67. The molecule has 0 radical (unpaired) electrons. The van der Waals surface area contributed by atoms with Crippen molar-refractivity contribution in [2.24, 2.45) is 0 Å². The summed E-state index contributed by atoms with van der Waals surface area (Å²) in [4.78, 5) is 27.8. The van der Waals surface area contributed by atoms with Crippen LogP contribution in [0.3, 0.4) is 0 Å². The molecule has 1 aliphatic heterocycles. The van der Waals surface area contributed by atoms with E-state index in [1.807, 2.05) is 54.6 Å². The van der Waals surface area contributed by atoms with E-state index in [0.717, 1.165) is 22.6 Å². The average molecular weight is 426 g/mol. The molecule has 3 aromatic carbocycles. The van der Waals surface area contributed by atoms with Gasteiger partial charge in [0.2, 0.25) is 0 Å². The minimum Gasteiger partial charge on any atom is -0.313 e. The largest absolute Gasteiger partial charge is 0.313 e. The lowest BCUT2D eigenvalue weighted by molar-refractivity contribution is 0.0989. The third-order valence-electron chi connectivity index (χ3n) is 6.08. The SMILES string of the molecule is CC1(C)/C(=C\C=C2C(=O)c3ccccc3C2=O)N(c2ccccc2)c2ccc(Cl)cc21. The highest BCUT2D eigenvalue weighted by Gasteiger charge is 2.41. The smallest absolute Gasteiger partial charge is 0.197 e. The first-order valence-electron chi connectivity index (χ1n) is 10.2. The van der Waals surface area contributed by atoms with Gasteiger partial charge in [0.15, 0.2) is 11.6 Å². The monoisotopic (exact) mass is 425 g/mol. The van der Waals surface area contributed by atoms with Crippen molar-refractivity contribution in [2.45, 2.75) is 19.3 Å². The fraction of sp³-hybridized carbons (Fsp3) is 0.111. The molecule has 0 N–H and O–H groups in total. The molecule has 152 valence electrons. The molecule has 2 aliphatic rings. The first kappa shape index (κ1) is 19.5. The van der Waals surface area contributed by atoms with E-state index in [1.165, 1.54) is 0 Å². The lowest BCUT2D eigenvalue weighted by atomic mass is 9.83. The number of carbonyl (C=O) groups excluding carboxylic acids is 2. The molecule has 0 saturated heterocycles. The van der Waals surface area contributed by atoms with Gasteiger partial charge in [0.1, 0.15) is 0 Å². The fourth-order valence-corrected chi connectivity index (χ4v) is 4.65. The summed E-state index contributed by atoms with van der Waals surface area (Å²) in [5, 5.41) is 0.677. The van der Waals surface area contributed by atoms with Crippen LogP contribution >= 0.6 is 11.6 Å². The molecule has 0 aromatic heterocycles. The molecule has 1 heterocycles. The van der Waals surface area contributed by atoms with Gasteiger partial charge in [-0.2, -0.15) is 0 Å². The van der Waals surface area contributed by atoms with Gasteiger partial charge in [-0.1, -0.05) is 67.9 Å². The van der Waals surface area contributed by atoms with Crippen molar-refractivity contribution < 1.29 is 9.59 Å². The molecular formula is C27H20ClNO2. The van der Waals surface area contributed by atoms with Crippen LogP contribution in [-0.4, -0.2) is 11.6 Å².